The van der Waals surface area contributed by atoms with Crippen LogP contribution in [0.4, 0.5) is 10.1 Å². The van der Waals surface area contributed by atoms with Gasteiger partial charge in [0.1, 0.15) is 0 Å². The van der Waals surface area contributed by atoms with E-state index in [4.69, 9.17) is 22.4 Å². The van der Waals surface area contributed by atoms with E-state index in [2.05, 4.69) is 0 Å². The Morgan fingerprint density at radius 1 is 1.69 bits per heavy atom. The van der Waals surface area contributed by atoms with Gasteiger partial charge < -0.3 is 10.8 Å². The monoisotopic (exact) mass is 203 g/mol. The maximum absolute atomic E-state index is 13.0. The van der Waals surface area contributed by atoms with Gasteiger partial charge in [-0.25, -0.2) is 9.18 Å². The quantitative estimate of drug-likeness (QED) is 0.687. The van der Waals surface area contributed by atoms with Crippen molar-refractivity contribution in [2.75, 3.05) is 5.73 Å². The van der Waals surface area contributed by atoms with Crippen molar-refractivity contribution in [1.29, 1.82) is 0 Å². The summed E-state index contributed by atoms with van der Waals surface area (Å²) in [5.41, 5.74) is 5.19. The lowest BCUT2D eigenvalue weighted by Gasteiger charge is -2.06. The third kappa shape index (κ3) is 1.58. The molecule has 3 N–H and O–H groups in total. The highest BCUT2D eigenvalue weighted by Crippen LogP contribution is 2.26. The molecule has 0 saturated carbocycles. The molecule has 0 amide bonds. The zero-order chi connectivity index (χ0) is 10.2. The number of hydrogen-bond donors (Lipinski definition) is 2. The van der Waals surface area contributed by atoms with Crippen molar-refractivity contribution < 1.29 is 14.3 Å². The Labute approximate surface area is 78.9 Å². The Bertz CT molecular complexity index is 379. The molecule has 0 radical (unpaired) electrons. The van der Waals surface area contributed by atoms with Crippen molar-refractivity contribution in [3.8, 4) is 0 Å². The van der Waals surface area contributed by atoms with Gasteiger partial charge in [-0.15, -0.1) is 0 Å². The molecule has 0 aromatic heterocycles. The van der Waals surface area contributed by atoms with Crippen molar-refractivity contribution >= 4 is 23.3 Å². The number of nitrogen functional groups attached to an aromatic ring is 1. The minimum absolute atomic E-state index is 0.0797. The molecular weight excluding hydrogens is 197 g/mol. The molecule has 0 aliphatic carbocycles. The standard InChI is InChI=1S/C8H7ClFNO2/c1-3-4(8(12)13)2-5(9)6(10)7(3)11/h2H,11H2,1H3,(H,12,13). The van der Waals surface area contributed by atoms with Crippen LogP contribution < -0.4 is 5.73 Å². The summed E-state index contributed by atoms with van der Waals surface area (Å²) in [6.07, 6.45) is 0. The highest BCUT2D eigenvalue weighted by atomic mass is 35.5. The lowest BCUT2D eigenvalue weighted by Crippen LogP contribution is -2.05. The molecule has 0 fully saturated rings. The Balaban J connectivity index is 3.50. The predicted octanol–water partition coefficient (Wildman–Crippen LogP) is 2.07. The number of halogens is 2. The molecular formula is C8H7ClFNO2. The average Bonchev–Trinajstić information content (AvgIpc) is 2.07. The van der Waals surface area contributed by atoms with Crippen LogP contribution in [0.2, 0.25) is 5.02 Å². The number of hydrogen-bond acceptors (Lipinski definition) is 2. The van der Waals surface area contributed by atoms with Crippen molar-refractivity contribution in [1.82, 2.24) is 0 Å². The van der Waals surface area contributed by atoms with Gasteiger partial charge in [-0.2, -0.15) is 0 Å². The molecule has 0 atom stereocenters. The molecule has 70 valence electrons. The fraction of sp³-hybridized carbons (Fsp3) is 0.125. The third-order valence-corrected chi connectivity index (χ3v) is 2.03. The van der Waals surface area contributed by atoms with Gasteiger partial charge in [0.25, 0.3) is 0 Å². The van der Waals surface area contributed by atoms with E-state index in [1.807, 2.05) is 0 Å². The van der Waals surface area contributed by atoms with Gasteiger partial charge in [0.2, 0.25) is 0 Å². The molecule has 1 rings (SSSR count). The van der Waals surface area contributed by atoms with Crippen LogP contribution in [-0.4, -0.2) is 11.1 Å². The van der Waals surface area contributed by atoms with Crippen molar-refractivity contribution in [3.05, 3.63) is 28.0 Å². The predicted molar refractivity (Wildman–Crippen MR) is 47.5 cm³/mol. The average molecular weight is 204 g/mol. The summed E-state index contributed by atoms with van der Waals surface area (Å²) in [4.78, 5) is 10.6. The number of carboxylic acids is 1. The van der Waals surface area contributed by atoms with Gasteiger partial charge in [0.15, 0.2) is 5.82 Å². The van der Waals surface area contributed by atoms with E-state index >= 15 is 0 Å². The van der Waals surface area contributed by atoms with E-state index in [1.54, 1.807) is 0 Å². The molecule has 0 spiro atoms. The maximum atomic E-state index is 13.0. The first kappa shape index (κ1) is 9.80. The van der Waals surface area contributed by atoms with Gasteiger partial charge in [0, 0.05) is 0 Å². The second-order valence-corrected chi connectivity index (χ2v) is 2.97. The van der Waals surface area contributed by atoms with Crippen molar-refractivity contribution in [3.63, 3.8) is 0 Å². The van der Waals surface area contributed by atoms with Crippen LogP contribution in [0, 0.1) is 12.7 Å². The Morgan fingerprint density at radius 2 is 2.23 bits per heavy atom. The third-order valence-electron chi connectivity index (χ3n) is 1.76. The van der Waals surface area contributed by atoms with Gasteiger partial charge in [-0.1, -0.05) is 11.6 Å². The molecule has 0 aliphatic rings. The fourth-order valence-corrected chi connectivity index (χ4v) is 1.17. The lowest BCUT2D eigenvalue weighted by molar-refractivity contribution is 0.0696. The molecule has 13 heavy (non-hydrogen) atoms. The van der Waals surface area contributed by atoms with Crippen molar-refractivity contribution in [2.45, 2.75) is 6.92 Å². The summed E-state index contributed by atoms with van der Waals surface area (Å²) < 4.78 is 13.0. The van der Waals surface area contributed by atoms with Crippen LogP contribution >= 0.6 is 11.6 Å². The van der Waals surface area contributed by atoms with E-state index in [9.17, 15) is 9.18 Å². The van der Waals surface area contributed by atoms with E-state index in [0.717, 1.165) is 6.07 Å². The number of aromatic carboxylic acids is 1. The number of rotatable bonds is 1. The zero-order valence-corrected chi connectivity index (χ0v) is 7.52. The second kappa shape index (κ2) is 3.22. The van der Waals surface area contributed by atoms with E-state index in [0.29, 0.717) is 0 Å². The Hall–Kier alpha value is -1.29. The van der Waals surface area contributed by atoms with Crippen LogP contribution in [0.25, 0.3) is 0 Å². The highest BCUT2D eigenvalue weighted by molar-refractivity contribution is 6.31. The number of nitrogens with two attached hydrogens (primary N) is 1. The first-order valence-corrected chi connectivity index (χ1v) is 3.80. The van der Waals surface area contributed by atoms with Gasteiger partial charge in [-0.3, -0.25) is 0 Å². The summed E-state index contributed by atoms with van der Waals surface area (Å²) in [7, 11) is 0. The van der Waals surface area contributed by atoms with Crippen LogP contribution in [0.1, 0.15) is 15.9 Å². The number of carboxylic acid groups (broad SMARTS) is 1. The summed E-state index contributed by atoms with van der Waals surface area (Å²) in [6, 6.07) is 1.05. The zero-order valence-electron chi connectivity index (χ0n) is 6.77. The van der Waals surface area contributed by atoms with Crippen LogP contribution in [-0.2, 0) is 0 Å². The summed E-state index contributed by atoms with van der Waals surface area (Å²) in [5, 5.41) is 8.39. The molecule has 0 saturated heterocycles. The van der Waals surface area contributed by atoms with Crippen LogP contribution in [0.15, 0.2) is 6.07 Å². The minimum atomic E-state index is -1.17. The Morgan fingerprint density at radius 3 is 2.69 bits per heavy atom. The topological polar surface area (TPSA) is 63.3 Å². The normalized spacial score (nSPS) is 10.1. The van der Waals surface area contributed by atoms with Crippen LogP contribution in [0.3, 0.4) is 0 Å². The molecule has 0 aliphatic heterocycles. The highest BCUT2D eigenvalue weighted by Gasteiger charge is 2.15. The SMILES string of the molecule is Cc1c(C(=O)O)cc(Cl)c(F)c1N. The maximum Gasteiger partial charge on any atom is 0.336 e. The first-order chi connectivity index (χ1) is 5.95. The fourth-order valence-electron chi connectivity index (χ4n) is 0.959. The smallest absolute Gasteiger partial charge is 0.336 e. The summed E-state index contributed by atoms with van der Waals surface area (Å²) in [5.74, 6) is -1.95. The largest absolute Gasteiger partial charge is 0.478 e. The van der Waals surface area contributed by atoms with Gasteiger partial charge in [-0.05, 0) is 18.6 Å². The number of anilines is 1. The number of carbonyl (C=O) groups is 1. The summed E-state index contributed by atoms with van der Waals surface area (Å²) in [6.45, 7) is 1.43. The van der Waals surface area contributed by atoms with Gasteiger partial charge >= 0.3 is 5.97 Å². The summed E-state index contributed by atoms with van der Waals surface area (Å²) >= 11 is 5.42. The second-order valence-electron chi connectivity index (χ2n) is 2.56. The molecule has 0 heterocycles. The number of benzene rings is 1. The van der Waals surface area contributed by atoms with E-state index in [-0.39, 0.29) is 21.8 Å². The van der Waals surface area contributed by atoms with Gasteiger partial charge in [0.05, 0.1) is 16.3 Å². The Kier molecular flexibility index (Phi) is 2.43. The van der Waals surface area contributed by atoms with E-state index in [1.165, 1.54) is 6.92 Å². The molecule has 5 heteroatoms. The van der Waals surface area contributed by atoms with E-state index < -0.39 is 11.8 Å². The minimum Gasteiger partial charge on any atom is -0.478 e. The lowest BCUT2D eigenvalue weighted by atomic mass is 10.1. The molecule has 3 nitrogen and oxygen atoms in total. The first-order valence-electron chi connectivity index (χ1n) is 3.42. The molecule has 1 aromatic carbocycles. The molecule has 1 aromatic rings. The van der Waals surface area contributed by atoms with Crippen LogP contribution in [0.5, 0.6) is 0 Å². The molecule has 0 bridgehead atoms. The van der Waals surface area contributed by atoms with Crippen molar-refractivity contribution in [2.24, 2.45) is 0 Å². The molecule has 0 unspecified atom stereocenters.